The number of carbonyl (C=O) groups excluding carboxylic acids is 1. The molecule has 0 aliphatic carbocycles. The summed E-state index contributed by atoms with van der Waals surface area (Å²) < 4.78 is 4.70. The van der Waals surface area contributed by atoms with Gasteiger partial charge in [-0.25, -0.2) is 0 Å². The van der Waals surface area contributed by atoms with Gasteiger partial charge in [0.2, 0.25) is 5.91 Å². The monoisotopic (exact) mass is 174 g/mol. The number of methoxy groups -OCH3 is 1. The van der Waals surface area contributed by atoms with Crippen LogP contribution < -0.4 is 10.6 Å². The van der Waals surface area contributed by atoms with Crippen molar-refractivity contribution in [3.8, 4) is 0 Å². The number of nitrogens with one attached hydrogen (secondary N) is 2. The molecule has 70 valence electrons. The maximum Gasteiger partial charge on any atom is 0.245 e. The zero-order chi connectivity index (χ0) is 9.19. The van der Waals surface area contributed by atoms with Gasteiger partial charge in [0, 0.05) is 20.2 Å². The summed E-state index contributed by atoms with van der Waals surface area (Å²) in [4.78, 5) is 11.3. The number of aliphatic hydroxyl groups excluding tert-OH is 1. The van der Waals surface area contributed by atoms with Gasteiger partial charge in [-0.3, -0.25) is 10.1 Å². The predicted molar refractivity (Wildman–Crippen MR) is 42.4 cm³/mol. The Hall–Kier alpha value is -0.650. The van der Waals surface area contributed by atoms with E-state index in [4.69, 9.17) is 4.74 Å². The molecule has 0 spiro atoms. The van der Waals surface area contributed by atoms with E-state index in [1.807, 2.05) is 0 Å². The van der Waals surface area contributed by atoms with Gasteiger partial charge < -0.3 is 15.2 Å². The lowest BCUT2D eigenvalue weighted by molar-refractivity contribution is -0.160. The molecule has 0 aromatic heterocycles. The third kappa shape index (κ3) is 1.43. The van der Waals surface area contributed by atoms with Gasteiger partial charge in [-0.05, 0) is 6.92 Å². The predicted octanol–water partition coefficient (Wildman–Crippen LogP) is -1.57. The van der Waals surface area contributed by atoms with Crippen molar-refractivity contribution in [2.45, 2.75) is 18.8 Å². The molecule has 2 atom stereocenters. The number of piperazine rings is 1. The Labute approximate surface area is 71.1 Å². The molecule has 1 aliphatic heterocycles. The molecular formula is C7H14N2O3. The van der Waals surface area contributed by atoms with Gasteiger partial charge in [0.15, 0.2) is 6.29 Å². The van der Waals surface area contributed by atoms with E-state index in [1.165, 1.54) is 7.11 Å². The third-order valence-corrected chi connectivity index (χ3v) is 2.09. The van der Waals surface area contributed by atoms with Gasteiger partial charge in [-0.2, -0.15) is 0 Å². The summed E-state index contributed by atoms with van der Waals surface area (Å²) in [7, 11) is 1.36. The van der Waals surface area contributed by atoms with E-state index in [-0.39, 0.29) is 5.91 Å². The van der Waals surface area contributed by atoms with Crippen molar-refractivity contribution in [2.75, 3.05) is 20.2 Å². The zero-order valence-corrected chi connectivity index (χ0v) is 7.26. The highest BCUT2D eigenvalue weighted by Gasteiger charge is 2.42. The molecule has 5 nitrogen and oxygen atoms in total. The van der Waals surface area contributed by atoms with E-state index in [9.17, 15) is 9.90 Å². The summed E-state index contributed by atoms with van der Waals surface area (Å²) in [5, 5.41) is 14.9. The molecular weight excluding hydrogens is 160 g/mol. The molecule has 1 fully saturated rings. The lowest BCUT2D eigenvalue weighted by atomic mass is 9.98. The smallest absolute Gasteiger partial charge is 0.245 e. The fourth-order valence-corrected chi connectivity index (χ4v) is 1.20. The number of aliphatic hydroxyl groups is 1. The van der Waals surface area contributed by atoms with Crippen LogP contribution in [0.25, 0.3) is 0 Å². The normalized spacial score (nSPS) is 32.8. The van der Waals surface area contributed by atoms with Crippen LogP contribution in [0, 0.1) is 0 Å². The first-order valence-corrected chi connectivity index (χ1v) is 3.85. The number of hydrogen-bond acceptors (Lipinski definition) is 4. The van der Waals surface area contributed by atoms with Crippen molar-refractivity contribution in [1.82, 2.24) is 10.6 Å². The molecule has 1 rings (SSSR count). The second-order valence-corrected chi connectivity index (χ2v) is 2.97. The van der Waals surface area contributed by atoms with E-state index in [2.05, 4.69) is 10.6 Å². The molecule has 1 amide bonds. The summed E-state index contributed by atoms with van der Waals surface area (Å²) >= 11 is 0. The number of ether oxygens (including phenoxy) is 1. The molecule has 0 aromatic carbocycles. The SMILES string of the molecule is COC(O)C1(C)NCCNC1=O. The van der Waals surface area contributed by atoms with Crippen LogP contribution in [0.1, 0.15) is 6.92 Å². The van der Waals surface area contributed by atoms with Gasteiger partial charge in [0.25, 0.3) is 0 Å². The Morgan fingerprint density at radius 2 is 2.33 bits per heavy atom. The molecule has 0 aromatic rings. The Kier molecular flexibility index (Phi) is 2.66. The van der Waals surface area contributed by atoms with Crippen molar-refractivity contribution < 1.29 is 14.6 Å². The second-order valence-electron chi connectivity index (χ2n) is 2.97. The Morgan fingerprint density at radius 3 is 2.83 bits per heavy atom. The summed E-state index contributed by atoms with van der Waals surface area (Å²) in [6.07, 6.45) is -1.11. The van der Waals surface area contributed by atoms with Crippen LogP contribution >= 0.6 is 0 Å². The second kappa shape index (κ2) is 3.38. The largest absolute Gasteiger partial charge is 0.366 e. The molecule has 0 radical (unpaired) electrons. The summed E-state index contributed by atoms with van der Waals surface area (Å²) in [6.45, 7) is 2.84. The minimum Gasteiger partial charge on any atom is -0.366 e. The molecule has 1 heterocycles. The Morgan fingerprint density at radius 1 is 1.67 bits per heavy atom. The standard InChI is InChI=1S/C7H14N2O3/c1-7(6(11)12-2)5(10)8-3-4-9-7/h6,9,11H,3-4H2,1-2H3,(H,8,10). The van der Waals surface area contributed by atoms with Crippen LogP contribution in [0.15, 0.2) is 0 Å². The molecule has 2 unspecified atom stereocenters. The first-order valence-electron chi connectivity index (χ1n) is 3.85. The van der Waals surface area contributed by atoms with Gasteiger partial charge in [-0.15, -0.1) is 0 Å². The minimum absolute atomic E-state index is 0.233. The molecule has 3 N–H and O–H groups in total. The molecule has 0 bridgehead atoms. The van der Waals surface area contributed by atoms with Crippen LogP contribution in [0.4, 0.5) is 0 Å². The van der Waals surface area contributed by atoms with Gasteiger partial charge in [0.1, 0.15) is 5.54 Å². The molecule has 0 saturated carbocycles. The van der Waals surface area contributed by atoms with Gasteiger partial charge >= 0.3 is 0 Å². The summed E-state index contributed by atoms with van der Waals surface area (Å²) in [6, 6.07) is 0. The highest BCUT2D eigenvalue weighted by Crippen LogP contribution is 2.12. The third-order valence-electron chi connectivity index (χ3n) is 2.09. The number of carbonyl (C=O) groups is 1. The number of rotatable bonds is 2. The number of amides is 1. The van der Waals surface area contributed by atoms with Gasteiger partial charge in [0.05, 0.1) is 0 Å². The molecule has 12 heavy (non-hydrogen) atoms. The highest BCUT2D eigenvalue weighted by molar-refractivity contribution is 5.87. The van der Waals surface area contributed by atoms with E-state index in [1.54, 1.807) is 6.92 Å². The van der Waals surface area contributed by atoms with Crippen LogP contribution in [-0.4, -0.2) is 43.0 Å². The van der Waals surface area contributed by atoms with Crippen molar-refractivity contribution >= 4 is 5.91 Å². The van der Waals surface area contributed by atoms with Crippen molar-refractivity contribution in [3.63, 3.8) is 0 Å². The lowest BCUT2D eigenvalue weighted by Gasteiger charge is -2.36. The van der Waals surface area contributed by atoms with Crippen molar-refractivity contribution in [3.05, 3.63) is 0 Å². The average Bonchev–Trinajstić information content (AvgIpc) is 2.09. The van der Waals surface area contributed by atoms with E-state index in [0.717, 1.165) is 0 Å². The Bertz CT molecular complexity index is 185. The van der Waals surface area contributed by atoms with E-state index >= 15 is 0 Å². The summed E-state index contributed by atoms with van der Waals surface area (Å²) in [5.41, 5.74) is -1.02. The fourth-order valence-electron chi connectivity index (χ4n) is 1.20. The maximum atomic E-state index is 11.3. The lowest BCUT2D eigenvalue weighted by Crippen LogP contribution is -2.67. The fraction of sp³-hybridized carbons (Fsp3) is 0.857. The first-order chi connectivity index (χ1) is 5.61. The van der Waals surface area contributed by atoms with Crippen LogP contribution in [0.5, 0.6) is 0 Å². The Balaban J connectivity index is 2.72. The topological polar surface area (TPSA) is 70.6 Å². The van der Waals surface area contributed by atoms with E-state index in [0.29, 0.717) is 13.1 Å². The average molecular weight is 174 g/mol. The zero-order valence-electron chi connectivity index (χ0n) is 7.26. The number of hydrogen-bond donors (Lipinski definition) is 3. The first kappa shape index (κ1) is 9.44. The quantitative estimate of drug-likeness (QED) is 0.442. The summed E-state index contributed by atoms with van der Waals surface area (Å²) in [5.74, 6) is -0.233. The highest BCUT2D eigenvalue weighted by atomic mass is 16.6. The van der Waals surface area contributed by atoms with Crippen LogP contribution in [0.3, 0.4) is 0 Å². The van der Waals surface area contributed by atoms with Crippen LogP contribution in [-0.2, 0) is 9.53 Å². The van der Waals surface area contributed by atoms with Crippen molar-refractivity contribution in [2.24, 2.45) is 0 Å². The molecule has 5 heteroatoms. The maximum absolute atomic E-state index is 11.3. The van der Waals surface area contributed by atoms with Crippen molar-refractivity contribution in [1.29, 1.82) is 0 Å². The molecule has 1 aliphatic rings. The van der Waals surface area contributed by atoms with Crippen LogP contribution in [0.2, 0.25) is 0 Å². The van der Waals surface area contributed by atoms with E-state index < -0.39 is 11.8 Å². The van der Waals surface area contributed by atoms with Gasteiger partial charge in [-0.1, -0.05) is 0 Å². The minimum atomic E-state index is -1.11. The molecule has 1 saturated heterocycles.